The van der Waals surface area contributed by atoms with Crippen LogP contribution in [0.25, 0.3) is 11.4 Å². The van der Waals surface area contributed by atoms with E-state index in [-0.39, 0.29) is 5.56 Å². The number of benzene rings is 1. The minimum atomic E-state index is -0.125. The van der Waals surface area contributed by atoms with Gasteiger partial charge in [0.1, 0.15) is 11.6 Å². The summed E-state index contributed by atoms with van der Waals surface area (Å²) in [6.07, 6.45) is 4.83. The predicted molar refractivity (Wildman–Crippen MR) is 103 cm³/mol. The van der Waals surface area contributed by atoms with Gasteiger partial charge in [-0.05, 0) is 37.0 Å². The summed E-state index contributed by atoms with van der Waals surface area (Å²) in [6, 6.07) is 16.5. The highest BCUT2D eigenvalue weighted by atomic mass is 16.1. The Morgan fingerprint density at radius 1 is 1.19 bits per heavy atom. The van der Waals surface area contributed by atoms with Crippen LogP contribution in [-0.2, 0) is 6.42 Å². The standard InChI is InChI=1S/C21H22N4O/c1-2-17-13-20(26)24-21(23-17)16-10-11-19(22-14-16)25-12-6-9-18(25)15-7-4-3-5-8-15/h3-5,7-8,10-11,13-14,18H,2,6,9,12H2,1H3,(H,23,24,26). The molecule has 3 heterocycles. The zero-order valence-corrected chi connectivity index (χ0v) is 14.9. The van der Waals surface area contributed by atoms with Gasteiger partial charge in [-0.15, -0.1) is 0 Å². The van der Waals surface area contributed by atoms with Gasteiger partial charge in [0.2, 0.25) is 0 Å². The summed E-state index contributed by atoms with van der Waals surface area (Å²) in [6.45, 7) is 3.00. The van der Waals surface area contributed by atoms with E-state index in [0.717, 1.165) is 42.9 Å². The number of aromatic amines is 1. The molecule has 1 saturated heterocycles. The molecule has 0 amide bonds. The van der Waals surface area contributed by atoms with Gasteiger partial charge in [0.05, 0.1) is 6.04 Å². The number of nitrogens with one attached hydrogen (secondary N) is 1. The topological polar surface area (TPSA) is 61.9 Å². The lowest BCUT2D eigenvalue weighted by atomic mass is 10.0. The Hall–Kier alpha value is -2.95. The summed E-state index contributed by atoms with van der Waals surface area (Å²) in [5, 5.41) is 0. The number of hydrogen-bond acceptors (Lipinski definition) is 4. The Labute approximate surface area is 152 Å². The van der Waals surface area contributed by atoms with Gasteiger partial charge < -0.3 is 9.88 Å². The Morgan fingerprint density at radius 2 is 2.04 bits per heavy atom. The molecule has 0 spiro atoms. The van der Waals surface area contributed by atoms with Crippen molar-refractivity contribution in [3.8, 4) is 11.4 Å². The number of nitrogens with zero attached hydrogens (tertiary/aromatic N) is 3. The number of anilines is 1. The van der Waals surface area contributed by atoms with Gasteiger partial charge in [-0.3, -0.25) is 4.79 Å². The Balaban J connectivity index is 1.62. The lowest BCUT2D eigenvalue weighted by Crippen LogP contribution is -2.23. The van der Waals surface area contributed by atoms with E-state index in [1.165, 1.54) is 5.56 Å². The van der Waals surface area contributed by atoms with E-state index in [4.69, 9.17) is 0 Å². The van der Waals surface area contributed by atoms with Crippen molar-refractivity contribution >= 4 is 5.82 Å². The molecule has 5 nitrogen and oxygen atoms in total. The molecule has 1 N–H and O–H groups in total. The number of H-pyrrole nitrogens is 1. The molecule has 4 rings (SSSR count). The van der Waals surface area contributed by atoms with Crippen molar-refractivity contribution in [1.82, 2.24) is 15.0 Å². The first-order valence-corrected chi connectivity index (χ1v) is 9.13. The van der Waals surface area contributed by atoms with Crippen molar-refractivity contribution in [2.24, 2.45) is 0 Å². The molecule has 0 radical (unpaired) electrons. The van der Waals surface area contributed by atoms with Crippen molar-refractivity contribution in [1.29, 1.82) is 0 Å². The summed E-state index contributed by atoms with van der Waals surface area (Å²) in [7, 11) is 0. The van der Waals surface area contributed by atoms with Crippen molar-refractivity contribution in [3.05, 3.63) is 76.3 Å². The second-order valence-electron chi connectivity index (χ2n) is 6.61. The second-order valence-corrected chi connectivity index (χ2v) is 6.61. The van der Waals surface area contributed by atoms with Crippen molar-refractivity contribution in [3.63, 3.8) is 0 Å². The van der Waals surface area contributed by atoms with Gasteiger partial charge in [0.15, 0.2) is 0 Å². The lowest BCUT2D eigenvalue weighted by Gasteiger charge is -2.26. The van der Waals surface area contributed by atoms with Crippen molar-refractivity contribution < 1.29 is 0 Å². The molecular formula is C21H22N4O. The Kier molecular flexibility index (Phi) is 4.52. The van der Waals surface area contributed by atoms with Gasteiger partial charge in [-0.25, -0.2) is 9.97 Å². The zero-order valence-electron chi connectivity index (χ0n) is 14.9. The van der Waals surface area contributed by atoms with E-state index >= 15 is 0 Å². The molecule has 1 aliphatic rings. The molecule has 26 heavy (non-hydrogen) atoms. The maximum atomic E-state index is 11.8. The van der Waals surface area contributed by atoms with Gasteiger partial charge >= 0.3 is 0 Å². The molecule has 5 heteroatoms. The third-order valence-electron chi connectivity index (χ3n) is 4.91. The highest BCUT2D eigenvalue weighted by molar-refractivity contribution is 5.57. The highest BCUT2D eigenvalue weighted by Crippen LogP contribution is 2.35. The second kappa shape index (κ2) is 7.12. The third-order valence-corrected chi connectivity index (χ3v) is 4.91. The third kappa shape index (κ3) is 3.25. The number of hydrogen-bond donors (Lipinski definition) is 1. The first kappa shape index (κ1) is 16.5. The maximum absolute atomic E-state index is 11.8. The van der Waals surface area contributed by atoms with Crippen LogP contribution in [0.1, 0.15) is 37.1 Å². The average Bonchev–Trinajstić information content (AvgIpc) is 3.18. The molecule has 1 aromatic carbocycles. The smallest absolute Gasteiger partial charge is 0.251 e. The van der Waals surface area contributed by atoms with Gasteiger partial charge in [0, 0.05) is 30.1 Å². The monoisotopic (exact) mass is 346 g/mol. The van der Waals surface area contributed by atoms with Crippen LogP contribution in [0.4, 0.5) is 5.82 Å². The number of rotatable bonds is 4. The fourth-order valence-corrected chi connectivity index (χ4v) is 3.58. The molecule has 0 bridgehead atoms. The molecule has 2 aromatic heterocycles. The quantitative estimate of drug-likeness (QED) is 0.782. The zero-order chi connectivity index (χ0) is 17.9. The van der Waals surface area contributed by atoms with E-state index in [2.05, 4.69) is 44.1 Å². The minimum absolute atomic E-state index is 0.125. The van der Waals surface area contributed by atoms with Crippen LogP contribution in [0, 0.1) is 0 Å². The van der Waals surface area contributed by atoms with Crippen LogP contribution in [0.3, 0.4) is 0 Å². The number of aromatic nitrogens is 3. The fraction of sp³-hybridized carbons (Fsp3) is 0.286. The summed E-state index contributed by atoms with van der Waals surface area (Å²) >= 11 is 0. The maximum Gasteiger partial charge on any atom is 0.251 e. The fourth-order valence-electron chi connectivity index (χ4n) is 3.58. The molecular weight excluding hydrogens is 324 g/mol. The summed E-state index contributed by atoms with van der Waals surface area (Å²) in [4.78, 5) is 26.1. The molecule has 1 atom stereocenters. The minimum Gasteiger partial charge on any atom is -0.350 e. The SMILES string of the molecule is CCc1cc(=O)[nH]c(-c2ccc(N3CCCC3c3ccccc3)nc2)n1. The number of pyridine rings is 1. The van der Waals surface area contributed by atoms with Crippen LogP contribution < -0.4 is 10.5 Å². The van der Waals surface area contributed by atoms with E-state index in [1.807, 2.05) is 25.1 Å². The first-order chi connectivity index (χ1) is 12.7. The predicted octanol–water partition coefficient (Wildman–Crippen LogP) is 3.74. The molecule has 1 aliphatic heterocycles. The van der Waals surface area contributed by atoms with Crippen molar-refractivity contribution in [2.45, 2.75) is 32.2 Å². The van der Waals surface area contributed by atoms with Crippen LogP contribution in [0.5, 0.6) is 0 Å². The Morgan fingerprint density at radius 3 is 2.77 bits per heavy atom. The summed E-state index contributed by atoms with van der Waals surface area (Å²) < 4.78 is 0. The molecule has 0 saturated carbocycles. The van der Waals surface area contributed by atoms with E-state index in [9.17, 15) is 4.79 Å². The molecule has 0 aliphatic carbocycles. The molecule has 1 fully saturated rings. The van der Waals surface area contributed by atoms with Gasteiger partial charge in [-0.1, -0.05) is 37.3 Å². The van der Waals surface area contributed by atoms with Crippen LogP contribution in [0.15, 0.2) is 59.5 Å². The highest BCUT2D eigenvalue weighted by Gasteiger charge is 2.26. The molecule has 3 aromatic rings. The first-order valence-electron chi connectivity index (χ1n) is 9.13. The summed E-state index contributed by atoms with van der Waals surface area (Å²) in [5.41, 5.74) is 2.82. The number of aryl methyl sites for hydroxylation is 1. The Bertz CT molecular complexity index is 934. The molecule has 132 valence electrons. The largest absolute Gasteiger partial charge is 0.350 e. The van der Waals surface area contributed by atoms with E-state index in [1.54, 1.807) is 12.3 Å². The van der Waals surface area contributed by atoms with E-state index in [0.29, 0.717) is 11.9 Å². The van der Waals surface area contributed by atoms with Crippen molar-refractivity contribution in [2.75, 3.05) is 11.4 Å². The van der Waals surface area contributed by atoms with Gasteiger partial charge in [-0.2, -0.15) is 0 Å². The summed E-state index contributed by atoms with van der Waals surface area (Å²) in [5.74, 6) is 1.54. The normalized spacial score (nSPS) is 16.8. The van der Waals surface area contributed by atoms with Gasteiger partial charge in [0.25, 0.3) is 5.56 Å². The van der Waals surface area contributed by atoms with Crippen LogP contribution in [0.2, 0.25) is 0 Å². The van der Waals surface area contributed by atoms with Crippen LogP contribution >= 0.6 is 0 Å². The average molecular weight is 346 g/mol. The lowest BCUT2D eigenvalue weighted by molar-refractivity contribution is 0.712. The van der Waals surface area contributed by atoms with E-state index < -0.39 is 0 Å². The molecule has 1 unspecified atom stereocenters. The van der Waals surface area contributed by atoms with Crippen LogP contribution in [-0.4, -0.2) is 21.5 Å².